The number of hydrogen-bond donors (Lipinski definition) is 1. The highest BCUT2D eigenvalue weighted by atomic mass is 32.1. The molecule has 10 heteroatoms. The predicted octanol–water partition coefficient (Wildman–Crippen LogP) is 4.97. The fraction of sp³-hybridized carbons (Fsp3) is 0.360. The normalized spacial score (nSPS) is 17.7. The Morgan fingerprint density at radius 1 is 1.34 bits per heavy atom. The van der Waals surface area contributed by atoms with E-state index in [4.69, 9.17) is 0 Å². The summed E-state index contributed by atoms with van der Waals surface area (Å²) in [6, 6.07) is 7.29. The molecule has 6 nitrogen and oxygen atoms in total. The molecule has 1 aliphatic carbocycles. The van der Waals surface area contributed by atoms with Gasteiger partial charge < -0.3 is 10.2 Å². The third-order valence-electron chi connectivity index (χ3n) is 6.48. The number of nitrogens with zero attached hydrogens (tertiary/aromatic N) is 4. The lowest BCUT2D eigenvalue weighted by molar-refractivity contribution is -0.126. The van der Waals surface area contributed by atoms with E-state index in [9.17, 15) is 23.2 Å². The van der Waals surface area contributed by atoms with Crippen molar-refractivity contribution >= 4 is 39.4 Å². The van der Waals surface area contributed by atoms with Gasteiger partial charge in [0.1, 0.15) is 17.0 Å². The van der Waals surface area contributed by atoms with Gasteiger partial charge in [-0.15, -0.1) is 11.3 Å². The molecule has 0 radical (unpaired) electrons. The van der Waals surface area contributed by atoms with Gasteiger partial charge in [0.2, 0.25) is 0 Å². The third kappa shape index (κ3) is 4.73. The molecule has 5 rings (SSSR count). The highest BCUT2D eigenvalue weighted by molar-refractivity contribution is 7.18. The van der Waals surface area contributed by atoms with E-state index < -0.39 is 12.6 Å². The topological polar surface area (TPSA) is 81.9 Å². The summed E-state index contributed by atoms with van der Waals surface area (Å²) in [5, 5.41) is 12.9. The molecule has 2 aliphatic rings. The summed E-state index contributed by atoms with van der Waals surface area (Å²) >= 11 is 1.03. The number of nitrogens with one attached hydrogen (secondary N) is 1. The fourth-order valence-corrected chi connectivity index (χ4v) is 5.89. The minimum Gasteiger partial charge on any atom is -0.354 e. The number of nitriles is 1. The highest BCUT2D eigenvalue weighted by Gasteiger charge is 2.30. The Hall–Kier alpha value is -3.45. The Labute approximate surface area is 204 Å². The van der Waals surface area contributed by atoms with E-state index >= 15 is 0 Å². The first-order chi connectivity index (χ1) is 16.7. The minimum atomic E-state index is -4.28. The second-order valence-electron chi connectivity index (χ2n) is 8.95. The first-order valence-corrected chi connectivity index (χ1v) is 12.1. The lowest BCUT2D eigenvalue weighted by atomic mass is 9.97. The van der Waals surface area contributed by atoms with Crippen molar-refractivity contribution in [3.8, 4) is 6.07 Å². The average Bonchev–Trinajstić information content (AvgIpc) is 3.41. The summed E-state index contributed by atoms with van der Waals surface area (Å²) in [5.41, 5.74) is 4.11. The summed E-state index contributed by atoms with van der Waals surface area (Å²) in [5.74, 6) is 0.424. The quantitative estimate of drug-likeness (QED) is 0.551. The number of benzene rings is 1. The number of amides is 1. The molecule has 0 saturated carbocycles. The third-order valence-corrected chi connectivity index (χ3v) is 7.53. The molecule has 1 atom stereocenters. The first-order valence-electron chi connectivity index (χ1n) is 11.3. The number of hydrogen-bond acceptors (Lipinski definition) is 6. The molecule has 35 heavy (non-hydrogen) atoms. The molecule has 1 aromatic carbocycles. The molecule has 1 amide bonds. The van der Waals surface area contributed by atoms with Crippen LogP contribution >= 0.6 is 11.3 Å². The SMILES string of the molecule is Cc1c(C(=O)NC2CCCN(c3ncnc4sc(CC(F)(F)F)cc34)C2)ccc2c1C=C(C#N)C2. The monoisotopic (exact) mass is 497 g/mol. The van der Waals surface area contributed by atoms with E-state index in [1.165, 1.54) is 12.4 Å². The Kier molecular flexibility index (Phi) is 5.97. The van der Waals surface area contributed by atoms with Crippen molar-refractivity contribution in [3.63, 3.8) is 0 Å². The van der Waals surface area contributed by atoms with E-state index in [1.54, 1.807) is 6.07 Å². The number of carbonyl (C=O) groups excluding carboxylic acids is 1. The first kappa shape index (κ1) is 23.3. The number of carbonyl (C=O) groups is 1. The number of thiophene rings is 1. The van der Waals surface area contributed by atoms with Gasteiger partial charge in [0.25, 0.3) is 5.91 Å². The number of alkyl halides is 3. The van der Waals surface area contributed by atoms with Crippen LogP contribution in [0.5, 0.6) is 0 Å². The molecule has 2 aromatic heterocycles. The maximum absolute atomic E-state index is 13.1. The summed E-state index contributed by atoms with van der Waals surface area (Å²) in [6.07, 6.45) is 0.152. The van der Waals surface area contributed by atoms with Crippen molar-refractivity contribution in [1.82, 2.24) is 15.3 Å². The maximum atomic E-state index is 13.1. The van der Waals surface area contributed by atoms with Crippen LogP contribution < -0.4 is 10.2 Å². The number of rotatable bonds is 4. The Balaban J connectivity index is 1.33. The van der Waals surface area contributed by atoms with Gasteiger partial charge >= 0.3 is 6.18 Å². The summed E-state index contributed by atoms with van der Waals surface area (Å²) in [7, 11) is 0. The van der Waals surface area contributed by atoms with Gasteiger partial charge in [-0.2, -0.15) is 18.4 Å². The molecule has 1 N–H and O–H groups in total. The van der Waals surface area contributed by atoms with Gasteiger partial charge in [0.05, 0.1) is 17.9 Å². The van der Waals surface area contributed by atoms with Crippen molar-refractivity contribution in [2.75, 3.05) is 18.0 Å². The van der Waals surface area contributed by atoms with Crippen LogP contribution in [-0.2, 0) is 12.8 Å². The van der Waals surface area contributed by atoms with Crippen LogP contribution in [0, 0.1) is 18.3 Å². The Morgan fingerprint density at radius 2 is 2.17 bits per heavy atom. The van der Waals surface area contributed by atoms with Crippen LogP contribution in [0.2, 0.25) is 0 Å². The van der Waals surface area contributed by atoms with Crippen LogP contribution in [0.1, 0.15) is 44.8 Å². The molecule has 1 saturated heterocycles. The van der Waals surface area contributed by atoms with Crippen LogP contribution in [-0.4, -0.2) is 41.2 Å². The van der Waals surface area contributed by atoms with Gasteiger partial charge in [0.15, 0.2) is 0 Å². The van der Waals surface area contributed by atoms with Crippen LogP contribution in [0.4, 0.5) is 19.0 Å². The summed E-state index contributed by atoms with van der Waals surface area (Å²) in [4.78, 5) is 24.4. The zero-order chi connectivity index (χ0) is 24.7. The molecule has 180 valence electrons. The molecule has 3 aromatic rings. The second kappa shape index (κ2) is 8.96. The summed E-state index contributed by atoms with van der Waals surface area (Å²) < 4.78 is 38.6. The van der Waals surface area contributed by atoms with Crippen molar-refractivity contribution < 1.29 is 18.0 Å². The number of fused-ring (bicyclic) bond motifs is 2. The zero-order valence-electron chi connectivity index (χ0n) is 18.9. The van der Waals surface area contributed by atoms with Crippen LogP contribution in [0.3, 0.4) is 0 Å². The molecule has 0 spiro atoms. The largest absolute Gasteiger partial charge is 0.393 e. The van der Waals surface area contributed by atoms with E-state index in [2.05, 4.69) is 21.4 Å². The van der Waals surface area contributed by atoms with Crippen molar-refractivity contribution in [1.29, 1.82) is 5.26 Å². The number of piperidine rings is 1. The fourth-order valence-electron chi connectivity index (χ4n) is 4.87. The lowest BCUT2D eigenvalue weighted by Crippen LogP contribution is -2.48. The van der Waals surface area contributed by atoms with Crippen LogP contribution in [0.15, 0.2) is 30.1 Å². The van der Waals surface area contributed by atoms with E-state index in [-0.39, 0.29) is 16.8 Å². The molecule has 1 aliphatic heterocycles. The number of anilines is 1. The Bertz CT molecular complexity index is 1390. The molecular formula is C25H22F3N5OS. The molecule has 3 heterocycles. The molecular weight excluding hydrogens is 475 g/mol. The maximum Gasteiger partial charge on any atom is 0.393 e. The number of aromatic nitrogens is 2. The number of halogens is 3. The van der Waals surface area contributed by atoms with Gasteiger partial charge in [-0.25, -0.2) is 9.97 Å². The average molecular weight is 498 g/mol. The second-order valence-corrected chi connectivity index (χ2v) is 10.1. The standard InChI is InChI=1S/C25H22F3N5OS/c1-14-19(5-4-16-7-15(11-29)8-20(14)16)23(34)32-17-3-2-6-33(12-17)22-21-9-18(10-25(26,27)28)35-24(21)31-13-30-22/h4-5,8-9,13,17H,2-3,6-7,10,12H2,1H3,(H,32,34). The minimum absolute atomic E-state index is 0.132. The van der Waals surface area contributed by atoms with E-state index in [0.717, 1.165) is 40.9 Å². The van der Waals surface area contributed by atoms with Crippen molar-refractivity contribution in [2.24, 2.45) is 0 Å². The van der Waals surface area contributed by atoms with Crippen molar-refractivity contribution in [3.05, 3.63) is 57.2 Å². The van der Waals surface area contributed by atoms with Crippen LogP contribution in [0.25, 0.3) is 16.3 Å². The lowest BCUT2D eigenvalue weighted by Gasteiger charge is -2.34. The smallest absolute Gasteiger partial charge is 0.354 e. The van der Waals surface area contributed by atoms with Gasteiger partial charge in [-0.1, -0.05) is 6.07 Å². The molecule has 0 bridgehead atoms. The van der Waals surface area contributed by atoms with Gasteiger partial charge in [-0.3, -0.25) is 4.79 Å². The van der Waals surface area contributed by atoms with E-state index in [0.29, 0.717) is 46.7 Å². The van der Waals surface area contributed by atoms with Gasteiger partial charge in [0, 0.05) is 41.6 Å². The van der Waals surface area contributed by atoms with E-state index in [1.807, 2.05) is 24.0 Å². The number of allylic oxidation sites excluding steroid dienone is 1. The van der Waals surface area contributed by atoms with Gasteiger partial charge in [-0.05, 0) is 54.7 Å². The van der Waals surface area contributed by atoms with Crippen molar-refractivity contribution in [2.45, 2.75) is 44.8 Å². The molecule has 1 fully saturated rings. The highest BCUT2D eigenvalue weighted by Crippen LogP contribution is 2.35. The Morgan fingerprint density at radius 3 is 2.94 bits per heavy atom. The summed E-state index contributed by atoms with van der Waals surface area (Å²) in [6.45, 7) is 3.10. The predicted molar refractivity (Wildman–Crippen MR) is 128 cm³/mol. The zero-order valence-corrected chi connectivity index (χ0v) is 19.8. The molecule has 1 unspecified atom stereocenters.